The first-order valence-corrected chi connectivity index (χ1v) is 8.82. The fraction of sp³-hybridized carbons (Fsp3) is 0.625. The highest BCUT2D eigenvalue weighted by atomic mass is 32.2. The average molecular weight is 297 g/mol. The maximum Gasteiger partial charge on any atom is 0.179 e. The van der Waals surface area contributed by atoms with Crippen LogP contribution in [0.2, 0.25) is 0 Å². The van der Waals surface area contributed by atoms with E-state index in [-0.39, 0.29) is 23.1 Å². The van der Waals surface area contributed by atoms with Gasteiger partial charge in [-0.1, -0.05) is 53.2 Å². The summed E-state index contributed by atoms with van der Waals surface area (Å²) >= 11 is 0. The molecule has 0 spiro atoms. The van der Waals surface area contributed by atoms with Gasteiger partial charge in [0.2, 0.25) is 0 Å². The van der Waals surface area contributed by atoms with Gasteiger partial charge in [0.15, 0.2) is 9.84 Å². The minimum absolute atomic E-state index is 0.0108. The highest BCUT2D eigenvalue weighted by Crippen LogP contribution is 2.24. The Labute approximate surface area is 123 Å². The lowest BCUT2D eigenvalue weighted by Crippen LogP contribution is -2.35. The molecule has 114 valence electrons. The summed E-state index contributed by atoms with van der Waals surface area (Å²) in [6.45, 7) is 10.3. The summed E-state index contributed by atoms with van der Waals surface area (Å²) < 4.78 is 24.7. The molecule has 0 saturated heterocycles. The highest BCUT2D eigenvalue weighted by molar-refractivity contribution is 7.91. The van der Waals surface area contributed by atoms with Crippen molar-refractivity contribution in [1.29, 1.82) is 0 Å². The molecule has 0 aromatic heterocycles. The van der Waals surface area contributed by atoms with Crippen molar-refractivity contribution in [3.63, 3.8) is 0 Å². The smallest absolute Gasteiger partial charge is 0.179 e. The molecule has 0 aliphatic rings. The van der Waals surface area contributed by atoms with E-state index in [1.54, 1.807) is 12.1 Å². The normalized spacial score (nSPS) is 15.9. The number of benzene rings is 1. The molecule has 2 N–H and O–H groups in total. The van der Waals surface area contributed by atoms with Crippen LogP contribution in [0.25, 0.3) is 0 Å². The van der Waals surface area contributed by atoms with Gasteiger partial charge in [0.25, 0.3) is 0 Å². The third-order valence-corrected chi connectivity index (χ3v) is 5.68. The van der Waals surface area contributed by atoms with E-state index in [2.05, 4.69) is 20.8 Å². The van der Waals surface area contributed by atoms with E-state index in [1.807, 2.05) is 26.0 Å². The maximum atomic E-state index is 12.3. The summed E-state index contributed by atoms with van der Waals surface area (Å²) in [6.07, 6.45) is 0.889. The van der Waals surface area contributed by atoms with E-state index >= 15 is 0 Å². The molecular formula is C16H27NO2S. The molecule has 1 rings (SSSR count). The molecule has 1 aromatic carbocycles. The maximum absolute atomic E-state index is 12.3. The van der Waals surface area contributed by atoms with Gasteiger partial charge in [0, 0.05) is 6.04 Å². The van der Waals surface area contributed by atoms with Crippen molar-refractivity contribution < 1.29 is 8.42 Å². The van der Waals surface area contributed by atoms with Crippen LogP contribution >= 0.6 is 0 Å². The van der Waals surface area contributed by atoms with Crippen LogP contribution in [-0.2, 0) is 15.3 Å². The van der Waals surface area contributed by atoms with Gasteiger partial charge in [-0.2, -0.15) is 0 Å². The van der Waals surface area contributed by atoms with E-state index < -0.39 is 9.84 Å². The molecule has 0 radical (unpaired) electrons. The van der Waals surface area contributed by atoms with Crippen molar-refractivity contribution in [3.05, 3.63) is 29.8 Å². The Bertz CT molecular complexity index is 527. The predicted octanol–water partition coefficient (Wildman–Crippen LogP) is 3.13. The number of nitrogens with two attached hydrogens (primary N) is 1. The largest absolute Gasteiger partial charge is 0.327 e. The average Bonchev–Trinajstić information content (AvgIpc) is 2.36. The first-order chi connectivity index (χ1) is 9.08. The molecule has 20 heavy (non-hydrogen) atoms. The van der Waals surface area contributed by atoms with Crippen molar-refractivity contribution in [2.24, 2.45) is 11.7 Å². The van der Waals surface area contributed by atoms with Crippen LogP contribution in [0.5, 0.6) is 0 Å². The number of hydrogen-bond donors (Lipinski definition) is 1. The van der Waals surface area contributed by atoms with Gasteiger partial charge in [-0.25, -0.2) is 8.42 Å². The summed E-state index contributed by atoms with van der Waals surface area (Å²) in [7, 11) is -3.30. The van der Waals surface area contributed by atoms with Crippen molar-refractivity contribution in [2.75, 3.05) is 5.75 Å². The molecule has 0 aliphatic heterocycles. The SMILES string of the molecule is CCC(C)C(N)CS(=O)(=O)c1ccc(C(C)(C)C)cc1. The summed E-state index contributed by atoms with van der Waals surface area (Å²) in [5, 5.41) is 0. The molecule has 0 fully saturated rings. The molecule has 0 bridgehead atoms. The Morgan fingerprint density at radius 3 is 2.05 bits per heavy atom. The Morgan fingerprint density at radius 2 is 1.65 bits per heavy atom. The van der Waals surface area contributed by atoms with Crippen LogP contribution in [0.15, 0.2) is 29.2 Å². The minimum atomic E-state index is -3.30. The predicted molar refractivity (Wildman–Crippen MR) is 84.6 cm³/mol. The molecule has 1 aromatic rings. The van der Waals surface area contributed by atoms with Crippen LogP contribution in [0.1, 0.15) is 46.6 Å². The lowest BCUT2D eigenvalue weighted by Gasteiger charge is -2.20. The molecule has 3 nitrogen and oxygen atoms in total. The van der Waals surface area contributed by atoms with Gasteiger partial charge in [0.05, 0.1) is 10.6 Å². The molecule has 0 heterocycles. The third-order valence-electron chi connectivity index (χ3n) is 3.87. The van der Waals surface area contributed by atoms with E-state index in [9.17, 15) is 8.42 Å². The highest BCUT2D eigenvalue weighted by Gasteiger charge is 2.22. The number of sulfone groups is 1. The van der Waals surface area contributed by atoms with Gasteiger partial charge in [-0.3, -0.25) is 0 Å². The monoisotopic (exact) mass is 297 g/mol. The lowest BCUT2D eigenvalue weighted by atomic mass is 9.87. The molecule has 0 saturated carbocycles. The zero-order chi connectivity index (χ0) is 15.6. The molecule has 2 atom stereocenters. The standard InChI is InChI=1S/C16H27NO2S/c1-6-12(2)15(17)11-20(18,19)14-9-7-13(8-10-14)16(3,4)5/h7-10,12,15H,6,11,17H2,1-5H3. The summed E-state index contributed by atoms with van der Waals surface area (Å²) in [5.41, 5.74) is 7.12. The van der Waals surface area contributed by atoms with E-state index in [1.165, 1.54) is 0 Å². The van der Waals surface area contributed by atoms with Gasteiger partial charge in [-0.15, -0.1) is 0 Å². The minimum Gasteiger partial charge on any atom is -0.327 e. The zero-order valence-electron chi connectivity index (χ0n) is 13.2. The van der Waals surface area contributed by atoms with E-state index in [0.717, 1.165) is 12.0 Å². The Balaban J connectivity index is 2.94. The van der Waals surface area contributed by atoms with E-state index in [4.69, 9.17) is 5.73 Å². The Hall–Kier alpha value is -0.870. The van der Waals surface area contributed by atoms with Gasteiger partial charge in [-0.05, 0) is 29.0 Å². The number of rotatable bonds is 5. The third kappa shape index (κ3) is 4.32. The van der Waals surface area contributed by atoms with Crippen LogP contribution in [-0.4, -0.2) is 20.2 Å². The van der Waals surface area contributed by atoms with Crippen LogP contribution in [0.3, 0.4) is 0 Å². The fourth-order valence-corrected chi connectivity index (χ4v) is 3.56. The fourth-order valence-electron chi connectivity index (χ4n) is 1.98. The summed E-state index contributed by atoms with van der Waals surface area (Å²) in [4.78, 5) is 0.365. The first-order valence-electron chi connectivity index (χ1n) is 7.17. The zero-order valence-corrected chi connectivity index (χ0v) is 14.0. The second kappa shape index (κ2) is 6.27. The topological polar surface area (TPSA) is 60.2 Å². The summed E-state index contributed by atoms with van der Waals surface area (Å²) in [6, 6.07) is 6.86. The molecule has 4 heteroatoms. The van der Waals surface area contributed by atoms with Crippen LogP contribution in [0, 0.1) is 5.92 Å². The van der Waals surface area contributed by atoms with Gasteiger partial charge < -0.3 is 5.73 Å². The van der Waals surface area contributed by atoms with E-state index in [0.29, 0.717) is 4.90 Å². The Kier molecular flexibility index (Phi) is 5.39. The second-order valence-electron chi connectivity index (χ2n) is 6.61. The van der Waals surface area contributed by atoms with Crippen LogP contribution in [0.4, 0.5) is 0 Å². The quantitative estimate of drug-likeness (QED) is 0.908. The molecule has 0 amide bonds. The lowest BCUT2D eigenvalue weighted by molar-refractivity contribution is 0.466. The second-order valence-corrected chi connectivity index (χ2v) is 8.64. The molecule has 2 unspecified atom stereocenters. The van der Waals surface area contributed by atoms with Crippen molar-refractivity contribution >= 4 is 9.84 Å². The molecular weight excluding hydrogens is 270 g/mol. The van der Waals surface area contributed by atoms with Crippen molar-refractivity contribution in [3.8, 4) is 0 Å². The van der Waals surface area contributed by atoms with Crippen molar-refractivity contribution in [1.82, 2.24) is 0 Å². The van der Waals surface area contributed by atoms with Gasteiger partial charge >= 0.3 is 0 Å². The molecule has 0 aliphatic carbocycles. The summed E-state index contributed by atoms with van der Waals surface area (Å²) in [5.74, 6) is 0.218. The van der Waals surface area contributed by atoms with Gasteiger partial charge in [0.1, 0.15) is 0 Å². The van der Waals surface area contributed by atoms with Crippen molar-refractivity contribution in [2.45, 2.75) is 57.4 Å². The number of hydrogen-bond acceptors (Lipinski definition) is 3. The Morgan fingerprint density at radius 1 is 1.15 bits per heavy atom. The first kappa shape index (κ1) is 17.2. The van der Waals surface area contributed by atoms with Crippen LogP contribution < -0.4 is 5.73 Å².